The molecule has 158 valence electrons. The van der Waals surface area contributed by atoms with Crippen LogP contribution >= 0.6 is 0 Å². The molecular weight excluding hydrogens is 402 g/mol. The minimum absolute atomic E-state index is 0.0856. The van der Waals surface area contributed by atoms with Crippen LogP contribution in [0.15, 0.2) is 103 Å². The zero-order valence-electron chi connectivity index (χ0n) is 18.7. The highest BCUT2D eigenvalue weighted by molar-refractivity contribution is 6.12. The summed E-state index contributed by atoms with van der Waals surface area (Å²) in [5.41, 5.74) is 8.31. The maximum Gasteiger partial charge on any atom is 0.162 e. The van der Waals surface area contributed by atoms with Gasteiger partial charge in [0.2, 0.25) is 0 Å². The van der Waals surface area contributed by atoms with Gasteiger partial charge >= 0.3 is 0 Å². The Labute approximate surface area is 192 Å². The second-order valence-corrected chi connectivity index (χ2v) is 8.62. The fourth-order valence-corrected chi connectivity index (χ4v) is 5.18. The molecule has 2 heterocycles. The van der Waals surface area contributed by atoms with Gasteiger partial charge in [0.15, 0.2) is 5.78 Å². The number of benzene rings is 4. The Bertz CT molecular complexity index is 1690. The van der Waals surface area contributed by atoms with Crippen molar-refractivity contribution in [3.05, 3.63) is 114 Å². The van der Waals surface area contributed by atoms with E-state index in [1.165, 1.54) is 10.8 Å². The highest BCUT2D eigenvalue weighted by Gasteiger charge is 2.24. The maximum atomic E-state index is 13.1. The van der Waals surface area contributed by atoms with Crippen molar-refractivity contribution < 1.29 is 4.79 Å². The van der Waals surface area contributed by atoms with Crippen LogP contribution in [0.3, 0.4) is 0 Å². The zero-order chi connectivity index (χ0) is 22.5. The molecule has 0 aliphatic carbocycles. The van der Waals surface area contributed by atoms with Crippen molar-refractivity contribution in [1.29, 1.82) is 0 Å². The van der Waals surface area contributed by atoms with E-state index < -0.39 is 0 Å². The van der Waals surface area contributed by atoms with Gasteiger partial charge < -0.3 is 4.40 Å². The number of rotatable bonds is 3. The van der Waals surface area contributed by atoms with E-state index in [0.717, 1.165) is 49.9 Å². The summed E-state index contributed by atoms with van der Waals surface area (Å²) in [6.45, 7) is 3.74. The lowest BCUT2D eigenvalue weighted by atomic mass is 9.93. The number of hydrogen-bond acceptors (Lipinski definition) is 1. The molecule has 2 heteroatoms. The van der Waals surface area contributed by atoms with Crippen LogP contribution < -0.4 is 0 Å². The fourth-order valence-electron chi connectivity index (χ4n) is 5.18. The van der Waals surface area contributed by atoms with Crippen molar-refractivity contribution in [2.45, 2.75) is 13.8 Å². The lowest BCUT2D eigenvalue weighted by Gasteiger charge is -2.13. The van der Waals surface area contributed by atoms with Crippen molar-refractivity contribution in [3.8, 4) is 22.3 Å². The molecule has 0 spiro atoms. The lowest BCUT2D eigenvalue weighted by molar-refractivity contribution is 0.101. The average Bonchev–Trinajstić information content (AvgIpc) is 3.17. The van der Waals surface area contributed by atoms with Crippen LogP contribution in [0.5, 0.6) is 0 Å². The highest BCUT2D eigenvalue weighted by Crippen LogP contribution is 2.42. The number of carbonyl (C=O) groups excluding carboxylic acids is 1. The molecule has 0 unspecified atom stereocenters. The Balaban J connectivity index is 1.84. The number of hydrogen-bond donors (Lipinski definition) is 0. The average molecular weight is 426 g/mol. The zero-order valence-corrected chi connectivity index (χ0v) is 18.7. The minimum atomic E-state index is 0.0856. The van der Waals surface area contributed by atoms with Crippen LogP contribution in [0.4, 0.5) is 0 Å². The molecule has 0 saturated heterocycles. The minimum Gasteiger partial charge on any atom is -0.312 e. The van der Waals surface area contributed by atoms with E-state index in [2.05, 4.69) is 108 Å². The van der Waals surface area contributed by atoms with E-state index in [1.54, 1.807) is 6.92 Å². The van der Waals surface area contributed by atoms with Crippen LogP contribution in [0.2, 0.25) is 0 Å². The van der Waals surface area contributed by atoms with E-state index in [0.29, 0.717) is 0 Å². The Kier molecular flexibility index (Phi) is 4.41. The summed E-state index contributed by atoms with van der Waals surface area (Å²) < 4.78 is 2.28. The fraction of sp³-hybridized carbons (Fsp3) is 0.0645. The van der Waals surface area contributed by atoms with Gasteiger partial charge in [0.25, 0.3) is 0 Å². The lowest BCUT2D eigenvalue weighted by Crippen LogP contribution is -1.97. The molecule has 0 saturated carbocycles. The maximum absolute atomic E-state index is 13.1. The van der Waals surface area contributed by atoms with Gasteiger partial charge in [-0.1, -0.05) is 84.9 Å². The predicted octanol–water partition coefficient (Wildman–Crippen LogP) is 8.09. The van der Waals surface area contributed by atoms with E-state index in [4.69, 9.17) is 0 Å². The summed E-state index contributed by atoms with van der Waals surface area (Å²) in [5, 5.41) is 3.52. The van der Waals surface area contributed by atoms with E-state index >= 15 is 0 Å². The Morgan fingerprint density at radius 3 is 2.09 bits per heavy atom. The van der Waals surface area contributed by atoms with Crippen molar-refractivity contribution in [3.63, 3.8) is 0 Å². The summed E-state index contributed by atoms with van der Waals surface area (Å²) in [4.78, 5) is 13.1. The first-order valence-electron chi connectivity index (χ1n) is 11.3. The number of fused-ring (bicyclic) bond motifs is 4. The third-order valence-electron chi connectivity index (χ3n) is 6.62. The number of carbonyl (C=O) groups is 1. The molecule has 0 bridgehead atoms. The van der Waals surface area contributed by atoms with Crippen LogP contribution in [0.1, 0.15) is 23.0 Å². The second kappa shape index (κ2) is 7.46. The van der Waals surface area contributed by atoms with E-state index in [9.17, 15) is 4.79 Å². The van der Waals surface area contributed by atoms with Gasteiger partial charge in [0.1, 0.15) is 0 Å². The highest BCUT2D eigenvalue weighted by atomic mass is 16.1. The molecule has 0 radical (unpaired) electrons. The molecule has 0 aliphatic rings. The molecule has 6 aromatic rings. The quantitative estimate of drug-likeness (QED) is 0.263. The number of aromatic nitrogens is 1. The standard InChI is InChI=1S/C31H23NO/c1-20-29(21(2)33)30(26-17-16-22-10-6-7-13-24(22)18-26)31-27(23-11-4-3-5-12-23)19-25-14-8-9-15-28(25)32(20)31/h3-19H,1-2H3. The summed E-state index contributed by atoms with van der Waals surface area (Å²) in [5.74, 6) is 0.0856. The molecule has 6 rings (SSSR count). The van der Waals surface area contributed by atoms with Crippen molar-refractivity contribution >= 4 is 33.0 Å². The molecule has 0 atom stereocenters. The Hall–Kier alpha value is -4.17. The summed E-state index contributed by atoms with van der Waals surface area (Å²) in [6, 6.07) is 36.0. The van der Waals surface area contributed by atoms with Crippen LogP contribution in [0.25, 0.3) is 49.4 Å². The first kappa shape index (κ1) is 19.5. The number of nitrogens with zero attached hydrogens (tertiary/aromatic N) is 1. The molecule has 0 amide bonds. The monoisotopic (exact) mass is 425 g/mol. The van der Waals surface area contributed by atoms with Crippen LogP contribution in [0, 0.1) is 6.92 Å². The molecule has 4 aromatic carbocycles. The third-order valence-corrected chi connectivity index (χ3v) is 6.62. The van der Waals surface area contributed by atoms with Gasteiger partial charge in [-0.05, 0) is 59.3 Å². The third kappa shape index (κ3) is 2.99. The molecule has 0 N–H and O–H groups in total. The van der Waals surface area contributed by atoms with Gasteiger partial charge in [-0.15, -0.1) is 0 Å². The SMILES string of the molecule is CC(=O)c1c(-c2ccc3ccccc3c2)c2c(-c3ccccc3)cc3ccccc3n2c1C. The van der Waals surface area contributed by atoms with Gasteiger partial charge in [0.05, 0.1) is 11.0 Å². The van der Waals surface area contributed by atoms with Crippen molar-refractivity contribution in [1.82, 2.24) is 4.40 Å². The number of ketones is 1. The summed E-state index contributed by atoms with van der Waals surface area (Å²) >= 11 is 0. The molecule has 33 heavy (non-hydrogen) atoms. The van der Waals surface area contributed by atoms with Crippen LogP contribution in [-0.2, 0) is 0 Å². The normalized spacial score (nSPS) is 11.5. The van der Waals surface area contributed by atoms with Crippen LogP contribution in [-0.4, -0.2) is 10.2 Å². The smallest absolute Gasteiger partial charge is 0.162 e. The van der Waals surface area contributed by atoms with Crippen molar-refractivity contribution in [2.24, 2.45) is 0 Å². The van der Waals surface area contributed by atoms with E-state index in [-0.39, 0.29) is 5.78 Å². The van der Waals surface area contributed by atoms with Gasteiger partial charge in [-0.3, -0.25) is 4.79 Å². The largest absolute Gasteiger partial charge is 0.312 e. The Morgan fingerprint density at radius 1 is 0.667 bits per heavy atom. The molecule has 2 nitrogen and oxygen atoms in total. The first-order chi connectivity index (χ1) is 16.1. The molecule has 0 fully saturated rings. The molecular formula is C31H23NO. The number of Topliss-reactive ketones (excluding diaryl/α,β-unsaturated/α-hetero) is 1. The molecule has 0 aliphatic heterocycles. The van der Waals surface area contributed by atoms with Gasteiger partial charge in [-0.25, -0.2) is 0 Å². The summed E-state index contributed by atoms with van der Waals surface area (Å²) in [6.07, 6.45) is 0. The topological polar surface area (TPSA) is 21.5 Å². The van der Waals surface area contributed by atoms with Gasteiger partial charge in [-0.2, -0.15) is 0 Å². The first-order valence-corrected chi connectivity index (χ1v) is 11.3. The van der Waals surface area contributed by atoms with E-state index in [1.807, 2.05) is 6.07 Å². The van der Waals surface area contributed by atoms with Crippen molar-refractivity contribution in [2.75, 3.05) is 0 Å². The predicted molar refractivity (Wildman–Crippen MR) is 138 cm³/mol. The number of pyridine rings is 1. The Morgan fingerprint density at radius 2 is 1.33 bits per heavy atom. The number of para-hydroxylation sites is 1. The number of aryl methyl sites for hydroxylation is 1. The molecule has 2 aromatic heterocycles. The summed E-state index contributed by atoms with van der Waals surface area (Å²) in [7, 11) is 0. The second-order valence-electron chi connectivity index (χ2n) is 8.62. The van der Waals surface area contributed by atoms with Gasteiger partial charge in [0, 0.05) is 22.4 Å².